The molecule has 0 amide bonds. The highest BCUT2D eigenvalue weighted by Gasteiger charge is 2.31. The highest BCUT2D eigenvalue weighted by Crippen LogP contribution is 2.31. The molecule has 7 heteroatoms. The van der Waals surface area contributed by atoms with Gasteiger partial charge in [0.1, 0.15) is 0 Å². The lowest BCUT2D eigenvalue weighted by Crippen LogP contribution is -2.35. The summed E-state index contributed by atoms with van der Waals surface area (Å²) in [5.74, 6) is -0.492. The molecule has 0 bridgehead atoms. The number of anilines is 1. The van der Waals surface area contributed by atoms with E-state index in [-0.39, 0.29) is 11.9 Å². The van der Waals surface area contributed by atoms with Crippen LogP contribution in [0.5, 0.6) is 0 Å². The van der Waals surface area contributed by atoms with Crippen molar-refractivity contribution in [1.82, 2.24) is 0 Å². The van der Waals surface area contributed by atoms with Crippen molar-refractivity contribution in [2.75, 3.05) is 30.8 Å². The van der Waals surface area contributed by atoms with E-state index in [1.165, 1.54) is 18.5 Å². The molecule has 0 fully saturated rings. The molecule has 1 atom stereocenters. The largest absolute Gasteiger partial charge is 0.465 e. The van der Waals surface area contributed by atoms with E-state index >= 15 is 0 Å². The molecule has 1 aliphatic heterocycles. The maximum Gasteiger partial charge on any atom is 0.337 e. The number of esters is 1. The molecule has 0 spiro atoms. The molecule has 0 unspecified atom stereocenters. The van der Waals surface area contributed by atoms with E-state index < -0.39 is 16.0 Å². The average molecular weight is 313 g/mol. The summed E-state index contributed by atoms with van der Waals surface area (Å²) in [5.41, 5.74) is 1.90. The van der Waals surface area contributed by atoms with Crippen LogP contribution in [0.4, 0.5) is 5.69 Å². The summed E-state index contributed by atoms with van der Waals surface area (Å²) in [6.07, 6.45) is 0.217. The second-order valence-corrected chi connectivity index (χ2v) is 6.92. The Morgan fingerprint density at radius 1 is 1.38 bits per heavy atom. The number of carbonyl (C=O) groups excluding carboxylic acids is 1. The van der Waals surface area contributed by atoms with E-state index in [1.807, 2.05) is 0 Å². The number of fused-ring (bicyclic) bond motifs is 1. The van der Waals surface area contributed by atoms with Crippen LogP contribution in [-0.4, -0.2) is 47.0 Å². The fourth-order valence-electron chi connectivity index (χ4n) is 2.36. The van der Waals surface area contributed by atoms with E-state index in [0.717, 1.165) is 5.56 Å². The van der Waals surface area contributed by atoms with Gasteiger partial charge in [-0.15, -0.1) is 0 Å². The van der Waals surface area contributed by atoms with E-state index in [4.69, 9.17) is 4.74 Å². The van der Waals surface area contributed by atoms with Crippen LogP contribution in [-0.2, 0) is 25.9 Å². The zero-order valence-corrected chi connectivity index (χ0v) is 13.1. The van der Waals surface area contributed by atoms with Gasteiger partial charge in [-0.2, -0.15) is 0 Å². The molecule has 0 radical (unpaired) electrons. The zero-order chi connectivity index (χ0) is 15.6. The van der Waals surface area contributed by atoms with Crippen LogP contribution in [0, 0.1) is 0 Å². The van der Waals surface area contributed by atoms with Crippen LogP contribution in [0.2, 0.25) is 0 Å². The van der Waals surface area contributed by atoms with Crippen molar-refractivity contribution in [3.8, 4) is 0 Å². The van der Waals surface area contributed by atoms with Gasteiger partial charge in [-0.25, -0.2) is 13.2 Å². The monoisotopic (exact) mass is 313 g/mol. The van der Waals surface area contributed by atoms with Crippen molar-refractivity contribution >= 4 is 21.7 Å². The first-order valence-corrected chi connectivity index (χ1v) is 8.24. The lowest BCUT2D eigenvalue weighted by Gasteiger charge is -2.21. The van der Waals surface area contributed by atoms with Gasteiger partial charge >= 0.3 is 5.97 Å². The number of benzene rings is 1. The number of methoxy groups -OCH3 is 2. The Morgan fingerprint density at radius 2 is 2.10 bits per heavy atom. The molecular weight excluding hydrogens is 294 g/mol. The maximum atomic E-state index is 12.4. The minimum Gasteiger partial charge on any atom is -0.465 e. The van der Waals surface area contributed by atoms with Crippen LogP contribution in [0.15, 0.2) is 18.2 Å². The second-order valence-electron chi connectivity index (χ2n) is 4.98. The quantitative estimate of drug-likeness (QED) is 0.764. The molecule has 1 aromatic carbocycles. The standard InChI is InChI=1S/C14H19NO5S/c1-10(19-2)9-21(17,18)15-7-6-11-8-12(14(16)20-3)4-5-13(11)15/h4-5,8,10H,6-7,9H2,1-3H3/t10-/m1/s1. The van der Waals surface area contributed by atoms with Gasteiger partial charge in [-0.05, 0) is 37.1 Å². The van der Waals surface area contributed by atoms with Crippen LogP contribution in [0.1, 0.15) is 22.8 Å². The molecule has 6 nitrogen and oxygen atoms in total. The van der Waals surface area contributed by atoms with Crippen LogP contribution >= 0.6 is 0 Å². The first-order chi connectivity index (χ1) is 9.89. The third-order valence-electron chi connectivity index (χ3n) is 3.54. The fraction of sp³-hybridized carbons (Fsp3) is 0.500. The molecule has 21 heavy (non-hydrogen) atoms. The van der Waals surface area contributed by atoms with Crippen molar-refractivity contribution < 1.29 is 22.7 Å². The van der Waals surface area contributed by atoms with E-state index in [1.54, 1.807) is 25.1 Å². The molecule has 0 saturated heterocycles. The summed E-state index contributed by atoms with van der Waals surface area (Å²) in [6, 6.07) is 4.93. The molecule has 0 N–H and O–H groups in total. The SMILES string of the molecule is COC(=O)c1ccc2c(c1)CCN2S(=O)(=O)C[C@@H](C)OC. The predicted octanol–water partition coefficient (Wildman–Crippen LogP) is 1.20. The third-order valence-corrected chi connectivity index (χ3v) is 5.48. The Bertz CT molecular complexity index is 641. The van der Waals surface area contributed by atoms with Gasteiger partial charge in [0.25, 0.3) is 0 Å². The molecule has 1 aliphatic rings. The number of ether oxygens (including phenoxy) is 2. The van der Waals surface area contributed by atoms with Gasteiger partial charge in [0.15, 0.2) is 0 Å². The summed E-state index contributed by atoms with van der Waals surface area (Å²) in [6.45, 7) is 2.10. The minimum absolute atomic E-state index is 0.0678. The topological polar surface area (TPSA) is 72.9 Å². The van der Waals surface area contributed by atoms with E-state index in [0.29, 0.717) is 24.2 Å². The maximum absolute atomic E-state index is 12.4. The number of hydrogen-bond donors (Lipinski definition) is 0. The van der Waals surface area contributed by atoms with Crippen LogP contribution in [0.25, 0.3) is 0 Å². The Balaban J connectivity index is 2.28. The van der Waals surface area contributed by atoms with Crippen LogP contribution in [0.3, 0.4) is 0 Å². The molecule has 0 aliphatic carbocycles. The Labute approximate surface area is 124 Å². The van der Waals surface area contributed by atoms with Gasteiger partial charge < -0.3 is 9.47 Å². The number of carbonyl (C=O) groups is 1. The summed E-state index contributed by atoms with van der Waals surface area (Å²) in [5, 5.41) is 0. The smallest absolute Gasteiger partial charge is 0.337 e. The minimum atomic E-state index is -3.43. The predicted molar refractivity (Wildman–Crippen MR) is 79.1 cm³/mol. The number of nitrogens with zero attached hydrogens (tertiary/aromatic N) is 1. The fourth-order valence-corrected chi connectivity index (χ4v) is 4.12. The van der Waals surface area contributed by atoms with E-state index in [2.05, 4.69) is 4.74 Å². The normalized spacial score (nSPS) is 15.7. The van der Waals surface area contributed by atoms with Gasteiger partial charge in [0.05, 0.1) is 30.2 Å². The van der Waals surface area contributed by atoms with Crippen molar-refractivity contribution in [1.29, 1.82) is 0 Å². The summed E-state index contributed by atoms with van der Waals surface area (Å²) in [4.78, 5) is 11.5. The highest BCUT2D eigenvalue weighted by atomic mass is 32.2. The molecule has 0 aromatic heterocycles. The number of rotatable bonds is 5. The molecule has 2 rings (SSSR count). The second kappa shape index (κ2) is 6.03. The van der Waals surface area contributed by atoms with E-state index in [9.17, 15) is 13.2 Å². The van der Waals surface area contributed by atoms with Gasteiger partial charge in [-0.1, -0.05) is 0 Å². The highest BCUT2D eigenvalue weighted by molar-refractivity contribution is 7.92. The van der Waals surface area contributed by atoms with Gasteiger partial charge in [0, 0.05) is 13.7 Å². The lowest BCUT2D eigenvalue weighted by atomic mass is 10.1. The number of hydrogen-bond acceptors (Lipinski definition) is 5. The van der Waals surface area contributed by atoms with Crippen molar-refractivity contribution in [3.63, 3.8) is 0 Å². The number of sulfonamides is 1. The average Bonchev–Trinajstić information content (AvgIpc) is 2.89. The summed E-state index contributed by atoms with van der Waals surface area (Å²) in [7, 11) is -0.626. The first-order valence-electron chi connectivity index (χ1n) is 6.63. The van der Waals surface area contributed by atoms with Crippen molar-refractivity contribution in [2.45, 2.75) is 19.4 Å². The lowest BCUT2D eigenvalue weighted by molar-refractivity contribution is 0.0600. The Morgan fingerprint density at radius 3 is 2.71 bits per heavy atom. The molecular formula is C14H19NO5S. The van der Waals surface area contributed by atoms with Gasteiger partial charge in [-0.3, -0.25) is 4.31 Å². The summed E-state index contributed by atoms with van der Waals surface area (Å²) >= 11 is 0. The zero-order valence-electron chi connectivity index (χ0n) is 12.3. The van der Waals surface area contributed by atoms with Crippen LogP contribution < -0.4 is 4.31 Å². The molecule has 1 aromatic rings. The van der Waals surface area contributed by atoms with Crippen molar-refractivity contribution in [2.24, 2.45) is 0 Å². The Kier molecular flexibility index (Phi) is 4.53. The van der Waals surface area contributed by atoms with Gasteiger partial charge in [0.2, 0.25) is 10.0 Å². The third kappa shape index (κ3) is 3.19. The first kappa shape index (κ1) is 15.8. The van der Waals surface area contributed by atoms with Crippen molar-refractivity contribution in [3.05, 3.63) is 29.3 Å². The molecule has 116 valence electrons. The molecule has 0 saturated carbocycles. The Hall–Kier alpha value is -1.60. The molecule has 1 heterocycles. The summed E-state index contributed by atoms with van der Waals surface area (Å²) < 4.78 is 35.9.